The molecule has 0 radical (unpaired) electrons. The lowest BCUT2D eigenvalue weighted by Crippen LogP contribution is -2.01. The van der Waals surface area contributed by atoms with Gasteiger partial charge >= 0.3 is 5.97 Å². The van der Waals surface area contributed by atoms with Gasteiger partial charge < -0.3 is 5.11 Å². The van der Waals surface area contributed by atoms with Crippen molar-refractivity contribution in [3.63, 3.8) is 0 Å². The molecule has 0 saturated carbocycles. The Hall–Kier alpha value is -1.90. The van der Waals surface area contributed by atoms with Crippen molar-refractivity contribution in [3.05, 3.63) is 47.3 Å². The van der Waals surface area contributed by atoms with Crippen LogP contribution in [0.4, 0.5) is 4.39 Å². The van der Waals surface area contributed by atoms with E-state index in [1.807, 2.05) is 6.07 Å². The smallest absolute Gasteiger partial charge is 0.338 e. The van der Waals surface area contributed by atoms with E-state index in [-0.39, 0.29) is 5.56 Å². The molecular formula is C12H9FO2. The summed E-state index contributed by atoms with van der Waals surface area (Å²) in [7, 11) is 0. The Balaban J connectivity index is 2.89. The molecule has 0 atom stereocenters. The number of aromatic carboxylic acids is 1. The van der Waals surface area contributed by atoms with Gasteiger partial charge in [-0.3, -0.25) is 0 Å². The number of benzene rings is 2. The summed E-state index contributed by atoms with van der Waals surface area (Å²) < 4.78 is 13.8. The van der Waals surface area contributed by atoms with Crippen LogP contribution in [0.5, 0.6) is 0 Å². The number of rotatable bonds is 1. The van der Waals surface area contributed by atoms with Gasteiger partial charge in [-0.1, -0.05) is 24.3 Å². The van der Waals surface area contributed by atoms with Crippen LogP contribution in [-0.4, -0.2) is 11.1 Å². The van der Waals surface area contributed by atoms with Crippen molar-refractivity contribution in [1.29, 1.82) is 0 Å². The fourth-order valence-electron chi connectivity index (χ4n) is 1.68. The van der Waals surface area contributed by atoms with Gasteiger partial charge in [0.05, 0.1) is 5.56 Å². The molecule has 0 amide bonds. The second-order valence-corrected chi connectivity index (χ2v) is 3.41. The molecule has 0 saturated heterocycles. The summed E-state index contributed by atoms with van der Waals surface area (Å²) in [4.78, 5) is 10.7. The molecule has 3 heteroatoms. The minimum absolute atomic E-state index is 0.281. The summed E-state index contributed by atoms with van der Waals surface area (Å²) in [5, 5.41) is 9.88. The van der Waals surface area contributed by atoms with Crippen molar-refractivity contribution < 1.29 is 14.3 Å². The van der Waals surface area contributed by atoms with Crippen LogP contribution in [0.2, 0.25) is 0 Å². The highest BCUT2D eigenvalue weighted by Crippen LogP contribution is 2.24. The van der Waals surface area contributed by atoms with Crippen LogP contribution in [0.1, 0.15) is 15.9 Å². The predicted octanol–water partition coefficient (Wildman–Crippen LogP) is 2.99. The molecule has 0 spiro atoms. The van der Waals surface area contributed by atoms with Crippen molar-refractivity contribution in [1.82, 2.24) is 0 Å². The van der Waals surface area contributed by atoms with Gasteiger partial charge in [0.25, 0.3) is 0 Å². The van der Waals surface area contributed by atoms with E-state index in [1.165, 1.54) is 6.07 Å². The number of hydrogen-bond acceptors (Lipinski definition) is 1. The SMILES string of the molecule is Cc1cccc2ccc(C(=O)O)c(F)c12. The van der Waals surface area contributed by atoms with Crippen molar-refractivity contribution >= 4 is 16.7 Å². The molecule has 0 fully saturated rings. The fraction of sp³-hybridized carbons (Fsp3) is 0.0833. The predicted molar refractivity (Wildman–Crippen MR) is 55.6 cm³/mol. The average molecular weight is 204 g/mol. The maximum atomic E-state index is 13.8. The molecule has 15 heavy (non-hydrogen) atoms. The van der Waals surface area contributed by atoms with E-state index in [4.69, 9.17) is 5.11 Å². The second-order valence-electron chi connectivity index (χ2n) is 3.41. The minimum atomic E-state index is -1.24. The Morgan fingerprint density at radius 3 is 2.67 bits per heavy atom. The monoisotopic (exact) mass is 204 g/mol. The lowest BCUT2D eigenvalue weighted by atomic mass is 10.0. The van der Waals surface area contributed by atoms with E-state index >= 15 is 0 Å². The summed E-state index contributed by atoms with van der Waals surface area (Å²) >= 11 is 0. The third kappa shape index (κ3) is 1.46. The molecule has 1 N–H and O–H groups in total. The largest absolute Gasteiger partial charge is 0.478 e. The maximum absolute atomic E-state index is 13.8. The van der Waals surface area contributed by atoms with Gasteiger partial charge in [-0.2, -0.15) is 0 Å². The lowest BCUT2D eigenvalue weighted by Gasteiger charge is -2.05. The Bertz CT molecular complexity index is 547. The molecule has 0 unspecified atom stereocenters. The third-order valence-electron chi connectivity index (χ3n) is 2.42. The second kappa shape index (κ2) is 3.35. The van der Waals surface area contributed by atoms with Gasteiger partial charge in [0.15, 0.2) is 0 Å². The topological polar surface area (TPSA) is 37.3 Å². The van der Waals surface area contributed by atoms with Crippen LogP contribution < -0.4 is 0 Å². The van der Waals surface area contributed by atoms with Gasteiger partial charge in [-0.05, 0) is 23.9 Å². The summed E-state index contributed by atoms with van der Waals surface area (Å²) in [6.07, 6.45) is 0. The number of halogens is 1. The first-order valence-corrected chi connectivity index (χ1v) is 4.52. The normalized spacial score (nSPS) is 10.5. The zero-order valence-corrected chi connectivity index (χ0v) is 8.12. The highest BCUT2D eigenvalue weighted by molar-refractivity contribution is 5.96. The van der Waals surface area contributed by atoms with Gasteiger partial charge in [0.2, 0.25) is 0 Å². The van der Waals surface area contributed by atoms with E-state index in [0.717, 1.165) is 10.9 Å². The number of carbonyl (C=O) groups is 1. The summed E-state index contributed by atoms with van der Waals surface area (Å²) in [6.45, 7) is 1.76. The third-order valence-corrected chi connectivity index (χ3v) is 2.42. The van der Waals surface area contributed by atoms with Gasteiger partial charge in [0, 0.05) is 5.39 Å². The zero-order chi connectivity index (χ0) is 11.0. The van der Waals surface area contributed by atoms with Gasteiger partial charge in [-0.15, -0.1) is 0 Å². The average Bonchev–Trinajstić information content (AvgIpc) is 2.17. The first-order valence-electron chi connectivity index (χ1n) is 4.52. The van der Waals surface area contributed by atoms with Gasteiger partial charge in [-0.25, -0.2) is 9.18 Å². The number of aryl methyl sites for hydroxylation is 1. The molecule has 0 aliphatic carbocycles. The van der Waals surface area contributed by atoms with Crippen molar-refractivity contribution in [3.8, 4) is 0 Å². The summed E-state index contributed by atoms with van der Waals surface area (Å²) in [6, 6.07) is 8.25. The Labute approximate surface area is 86.0 Å². The number of hydrogen-bond donors (Lipinski definition) is 1. The molecule has 0 aromatic heterocycles. The van der Waals surface area contributed by atoms with E-state index in [0.29, 0.717) is 5.39 Å². The summed E-state index contributed by atoms with van der Waals surface area (Å²) in [5.41, 5.74) is 0.463. The Morgan fingerprint density at radius 2 is 2.00 bits per heavy atom. The number of carboxylic acid groups (broad SMARTS) is 1. The van der Waals surface area contributed by atoms with Crippen molar-refractivity contribution in [2.24, 2.45) is 0 Å². The molecule has 2 aromatic rings. The molecule has 76 valence electrons. The van der Waals surface area contributed by atoms with Crippen molar-refractivity contribution in [2.75, 3.05) is 0 Å². The minimum Gasteiger partial charge on any atom is -0.478 e. The molecular weight excluding hydrogens is 195 g/mol. The molecule has 0 aliphatic rings. The van der Waals surface area contributed by atoms with Crippen LogP contribution in [0.15, 0.2) is 30.3 Å². The quantitative estimate of drug-likeness (QED) is 0.775. The van der Waals surface area contributed by atoms with Crippen LogP contribution in [0.25, 0.3) is 10.8 Å². The highest BCUT2D eigenvalue weighted by Gasteiger charge is 2.13. The fourth-order valence-corrected chi connectivity index (χ4v) is 1.68. The molecule has 2 rings (SSSR count). The van der Waals surface area contributed by atoms with E-state index < -0.39 is 11.8 Å². The molecule has 0 bridgehead atoms. The number of carboxylic acids is 1. The van der Waals surface area contributed by atoms with E-state index in [9.17, 15) is 9.18 Å². The van der Waals surface area contributed by atoms with Crippen LogP contribution in [0.3, 0.4) is 0 Å². The van der Waals surface area contributed by atoms with E-state index in [1.54, 1.807) is 25.1 Å². The van der Waals surface area contributed by atoms with Crippen LogP contribution >= 0.6 is 0 Å². The first-order chi connectivity index (χ1) is 7.11. The molecule has 2 aromatic carbocycles. The molecule has 2 nitrogen and oxygen atoms in total. The first kappa shape index (κ1) is 9.65. The lowest BCUT2D eigenvalue weighted by molar-refractivity contribution is 0.0692. The zero-order valence-electron chi connectivity index (χ0n) is 8.12. The van der Waals surface area contributed by atoms with Crippen LogP contribution in [-0.2, 0) is 0 Å². The Kier molecular flexibility index (Phi) is 2.15. The summed E-state index contributed by atoms with van der Waals surface area (Å²) in [5.74, 6) is -1.89. The Morgan fingerprint density at radius 1 is 1.27 bits per heavy atom. The van der Waals surface area contributed by atoms with Gasteiger partial charge in [0.1, 0.15) is 5.82 Å². The standard InChI is InChI=1S/C12H9FO2/c1-7-3-2-4-8-5-6-9(12(14)15)11(13)10(7)8/h2-6H,1H3,(H,14,15). The number of fused-ring (bicyclic) bond motifs is 1. The van der Waals surface area contributed by atoms with Crippen LogP contribution in [0, 0.1) is 12.7 Å². The molecule has 0 heterocycles. The highest BCUT2D eigenvalue weighted by atomic mass is 19.1. The van der Waals surface area contributed by atoms with E-state index in [2.05, 4.69) is 0 Å². The maximum Gasteiger partial charge on any atom is 0.338 e. The van der Waals surface area contributed by atoms with Crippen molar-refractivity contribution in [2.45, 2.75) is 6.92 Å². The molecule has 0 aliphatic heterocycles.